The van der Waals surface area contributed by atoms with Crippen LogP contribution in [0.25, 0.3) is 0 Å². The Morgan fingerprint density at radius 2 is 1.11 bits per heavy atom. The summed E-state index contributed by atoms with van der Waals surface area (Å²) in [5, 5.41) is 0. The Bertz CT molecular complexity index is 469. The van der Waals surface area contributed by atoms with Crippen molar-refractivity contribution in [3.63, 3.8) is 0 Å². The Balaban J connectivity index is -0.000000137. The van der Waals surface area contributed by atoms with E-state index in [2.05, 4.69) is 45.2 Å². The lowest BCUT2D eigenvalue weighted by atomic mass is 10.3. The summed E-state index contributed by atoms with van der Waals surface area (Å²) in [6.45, 7) is 22.7. The van der Waals surface area contributed by atoms with Crippen molar-refractivity contribution in [3.8, 4) is 0 Å². The van der Waals surface area contributed by atoms with Crippen molar-refractivity contribution >= 4 is 10.4 Å². The van der Waals surface area contributed by atoms with Gasteiger partial charge in [-0.05, 0) is 0 Å². The summed E-state index contributed by atoms with van der Waals surface area (Å²) in [4.78, 5) is 0. The van der Waals surface area contributed by atoms with Gasteiger partial charge in [0, 0.05) is 0 Å². The molecule has 2 atom stereocenters. The molecular weight excluding hydrogens is 376 g/mol. The number of ether oxygens (including phenoxy) is 3. The molecule has 0 aromatic heterocycles. The Morgan fingerprint density at radius 3 is 1.30 bits per heavy atom. The SMILES string of the molecule is C=C=C.C=CCOCC(C=C)OC(C=C)COCC=C.N.N.O=S(=O)(O)O. The van der Waals surface area contributed by atoms with Crippen molar-refractivity contribution in [2.45, 2.75) is 12.2 Å². The van der Waals surface area contributed by atoms with Crippen molar-refractivity contribution in [1.82, 2.24) is 12.3 Å². The summed E-state index contributed by atoms with van der Waals surface area (Å²) < 4.78 is 47.9. The number of hydrogen-bond acceptors (Lipinski definition) is 7. The maximum atomic E-state index is 8.74. The van der Waals surface area contributed by atoms with Crippen molar-refractivity contribution in [3.05, 3.63) is 69.5 Å². The minimum atomic E-state index is -4.67. The van der Waals surface area contributed by atoms with Crippen molar-refractivity contribution in [1.29, 1.82) is 0 Å². The van der Waals surface area contributed by atoms with Gasteiger partial charge in [-0.15, -0.1) is 32.0 Å². The van der Waals surface area contributed by atoms with E-state index in [9.17, 15) is 0 Å². The molecule has 0 aromatic carbocycles. The molecule has 0 saturated carbocycles. The molecule has 0 aliphatic carbocycles. The van der Waals surface area contributed by atoms with Gasteiger partial charge < -0.3 is 26.5 Å². The average molecular weight is 411 g/mol. The van der Waals surface area contributed by atoms with Crippen molar-refractivity contribution in [2.75, 3.05) is 26.4 Å². The summed E-state index contributed by atoms with van der Waals surface area (Å²) in [6.07, 6.45) is 6.44. The van der Waals surface area contributed by atoms with E-state index in [1.54, 1.807) is 24.3 Å². The standard InChI is InChI=1S/C14H22O3.C3H4.2H3N.H2O4S/c1-5-9-15-11-13(7-3)17-14(8-4)12-16-10-6-2;1-3-2;;;1-5(2,3)4/h5-8,13-14H,1-4,9-12H2;1-2H2;2*1H3;(H2,1,2,3,4). The lowest BCUT2D eigenvalue weighted by Crippen LogP contribution is -2.27. The van der Waals surface area contributed by atoms with Crippen LogP contribution in [0.2, 0.25) is 0 Å². The van der Waals surface area contributed by atoms with Gasteiger partial charge in [-0.2, -0.15) is 8.42 Å². The fraction of sp³-hybridized carbons (Fsp3) is 0.353. The zero-order valence-corrected chi connectivity index (χ0v) is 16.6. The zero-order valence-electron chi connectivity index (χ0n) is 15.8. The van der Waals surface area contributed by atoms with Crippen LogP contribution in [0.15, 0.2) is 69.5 Å². The highest BCUT2D eigenvalue weighted by atomic mass is 32.3. The maximum absolute atomic E-state index is 8.74. The highest BCUT2D eigenvalue weighted by molar-refractivity contribution is 7.79. The Kier molecular flexibility index (Phi) is 35.3. The molecule has 0 fully saturated rings. The first-order chi connectivity index (χ1) is 11.7. The predicted octanol–water partition coefficient (Wildman–Crippen LogP) is 3.15. The Labute approximate surface area is 163 Å². The first kappa shape index (κ1) is 36.1. The minimum Gasteiger partial charge on any atom is -0.374 e. The van der Waals surface area contributed by atoms with Gasteiger partial charge >= 0.3 is 10.4 Å². The van der Waals surface area contributed by atoms with E-state index in [-0.39, 0.29) is 24.5 Å². The molecule has 2 unspecified atom stereocenters. The third kappa shape index (κ3) is 45.4. The van der Waals surface area contributed by atoms with Gasteiger partial charge in [-0.1, -0.05) is 37.5 Å². The largest absolute Gasteiger partial charge is 0.394 e. The van der Waals surface area contributed by atoms with Crippen LogP contribution in [-0.4, -0.2) is 56.2 Å². The third-order valence-electron chi connectivity index (χ3n) is 1.91. The molecule has 0 aromatic rings. The van der Waals surface area contributed by atoms with Crippen LogP contribution >= 0.6 is 0 Å². The second kappa shape index (κ2) is 26.4. The molecule has 8 N–H and O–H groups in total. The van der Waals surface area contributed by atoms with Crippen LogP contribution in [0.3, 0.4) is 0 Å². The summed E-state index contributed by atoms with van der Waals surface area (Å²) in [5.41, 5.74) is 2.25. The van der Waals surface area contributed by atoms with Gasteiger partial charge in [-0.25, -0.2) is 0 Å². The normalized spacial score (nSPS) is 11.0. The highest BCUT2D eigenvalue weighted by Crippen LogP contribution is 2.03. The Hall–Kier alpha value is -1.85. The molecule has 0 bridgehead atoms. The van der Waals surface area contributed by atoms with Crippen molar-refractivity contribution in [2.24, 2.45) is 0 Å². The van der Waals surface area contributed by atoms with Gasteiger partial charge in [0.15, 0.2) is 0 Å². The molecule has 0 aliphatic heterocycles. The molecule has 0 aliphatic rings. The zero-order chi connectivity index (χ0) is 20.1. The van der Waals surface area contributed by atoms with Crippen LogP contribution in [0.5, 0.6) is 0 Å². The lowest BCUT2D eigenvalue weighted by Gasteiger charge is -2.20. The van der Waals surface area contributed by atoms with Gasteiger partial charge in [0.25, 0.3) is 0 Å². The molecule has 0 rings (SSSR count). The first-order valence-electron chi connectivity index (χ1n) is 6.96. The van der Waals surface area contributed by atoms with Gasteiger partial charge in [0.05, 0.1) is 38.6 Å². The molecule has 10 heteroatoms. The third-order valence-corrected chi connectivity index (χ3v) is 1.91. The Morgan fingerprint density at radius 1 is 0.852 bits per heavy atom. The molecule has 0 heterocycles. The van der Waals surface area contributed by atoms with E-state index >= 15 is 0 Å². The van der Waals surface area contributed by atoms with E-state index in [1.165, 1.54) is 0 Å². The molecule has 27 heavy (non-hydrogen) atoms. The van der Waals surface area contributed by atoms with Gasteiger partial charge in [-0.3, -0.25) is 9.11 Å². The molecule has 0 saturated heterocycles. The van der Waals surface area contributed by atoms with E-state index in [0.717, 1.165) is 0 Å². The van der Waals surface area contributed by atoms with Crippen LogP contribution in [0.1, 0.15) is 0 Å². The van der Waals surface area contributed by atoms with E-state index in [1.807, 2.05) is 0 Å². The maximum Gasteiger partial charge on any atom is 0.394 e. The summed E-state index contributed by atoms with van der Waals surface area (Å²) in [5.74, 6) is 0. The summed E-state index contributed by atoms with van der Waals surface area (Å²) in [6, 6.07) is 0. The topological polar surface area (TPSA) is 172 Å². The average Bonchev–Trinajstić information content (AvgIpc) is 2.52. The fourth-order valence-electron chi connectivity index (χ4n) is 1.09. The molecule has 0 spiro atoms. The van der Waals surface area contributed by atoms with Gasteiger partial charge in [0.2, 0.25) is 0 Å². The summed E-state index contributed by atoms with van der Waals surface area (Å²) in [7, 11) is -4.67. The monoisotopic (exact) mass is 410 g/mol. The second-order valence-electron chi connectivity index (χ2n) is 4.03. The smallest absolute Gasteiger partial charge is 0.374 e. The number of rotatable bonds is 12. The minimum absolute atomic E-state index is 0. The van der Waals surface area contributed by atoms with Crippen molar-refractivity contribution < 1.29 is 31.7 Å². The second-order valence-corrected chi connectivity index (χ2v) is 4.93. The van der Waals surface area contributed by atoms with E-state index in [4.69, 9.17) is 31.7 Å². The quantitative estimate of drug-likeness (QED) is 0.163. The van der Waals surface area contributed by atoms with E-state index < -0.39 is 10.4 Å². The molecule has 0 radical (unpaired) electrons. The number of hydrogen-bond donors (Lipinski definition) is 4. The van der Waals surface area contributed by atoms with E-state index in [0.29, 0.717) is 26.4 Å². The van der Waals surface area contributed by atoms with Crippen LogP contribution < -0.4 is 12.3 Å². The molecular formula is C17H34N2O7S. The van der Waals surface area contributed by atoms with Crippen LogP contribution in [0.4, 0.5) is 0 Å². The molecule has 0 amide bonds. The predicted molar refractivity (Wildman–Crippen MR) is 110 cm³/mol. The lowest BCUT2D eigenvalue weighted by molar-refractivity contribution is -0.0408. The highest BCUT2D eigenvalue weighted by Gasteiger charge is 2.11. The fourth-order valence-corrected chi connectivity index (χ4v) is 1.09. The first-order valence-corrected chi connectivity index (χ1v) is 8.36. The molecule has 160 valence electrons. The van der Waals surface area contributed by atoms with Gasteiger partial charge in [0.1, 0.15) is 0 Å². The summed E-state index contributed by atoms with van der Waals surface area (Å²) >= 11 is 0. The van der Waals surface area contributed by atoms with Crippen LogP contribution in [0, 0.1) is 0 Å². The molecule has 9 nitrogen and oxygen atoms in total. The van der Waals surface area contributed by atoms with Crippen LogP contribution in [-0.2, 0) is 24.6 Å².